The Balaban J connectivity index is 1.77. The Kier molecular flexibility index (Phi) is 2.63. The summed E-state index contributed by atoms with van der Waals surface area (Å²) in [6.45, 7) is 0. The van der Waals surface area contributed by atoms with Crippen LogP contribution < -0.4 is 0 Å². The fraction of sp³-hybridized carbons (Fsp3) is 0.647. The maximum atomic E-state index is 10.6. The summed E-state index contributed by atoms with van der Waals surface area (Å²) in [6.07, 6.45) is 6.92. The summed E-state index contributed by atoms with van der Waals surface area (Å²) in [5.41, 5.74) is 2.33. The molecule has 5 atom stereocenters. The van der Waals surface area contributed by atoms with Gasteiger partial charge in [0.15, 0.2) is 0 Å². The van der Waals surface area contributed by atoms with Gasteiger partial charge in [0.25, 0.3) is 0 Å². The quantitative estimate of drug-likeness (QED) is 0.750. The largest absolute Gasteiger partial charge is 0.508 e. The van der Waals surface area contributed by atoms with Crippen molar-refractivity contribution in [3.8, 4) is 5.75 Å². The minimum absolute atomic E-state index is 0.204. The summed E-state index contributed by atoms with van der Waals surface area (Å²) in [4.78, 5) is 0. The van der Waals surface area contributed by atoms with Crippen LogP contribution in [-0.2, 0) is 6.42 Å². The molecule has 19 heavy (non-hydrogen) atoms. The van der Waals surface area contributed by atoms with Gasteiger partial charge in [-0.15, -0.1) is 0 Å². The first-order valence-corrected chi connectivity index (χ1v) is 7.74. The van der Waals surface area contributed by atoms with Gasteiger partial charge in [-0.25, -0.2) is 0 Å². The number of hydrogen-bond donors (Lipinski definition) is 2. The Bertz CT molecular complexity index is 496. The van der Waals surface area contributed by atoms with Gasteiger partial charge in [-0.3, -0.25) is 0 Å². The summed E-state index contributed by atoms with van der Waals surface area (Å²) in [7, 11) is 0. The van der Waals surface area contributed by atoms with E-state index in [1.807, 2.05) is 6.07 Å². The van der Waals surface area contributed by atoms with Gasteiger partial charge in [0, 0.05) is 5.92 Å². The number of phenolic OH excluding ortho intramolecular Hbond substituents is 1. The molecule has 0 aromatic heterocycles. The number of rotatable bonds is 0. The number of fused-ring (bicyclic) bond motifs is 5. The highest BCUT2D eigenvalue weighted by Crippen LogP contribution is 2.55. The molecule has 0 amide bonds. The molecule has 1 aromatic rings. The smallest absolute Gasteiger partial charge is 0.119 e. The summed E-state index contributed by atoms with van der Waals surface area (Å²) in [5, 5.41) is 20.6. The maximum absolute atomic E-state index is 10.6. The van der Waals surface area contributed by atoms with Crippen LogP contribution >= 0.6 is 0 Å². The molecule has 1 aromatic carbocycles. The van der Waals surface area contributed by atoms with Crippen LogP contribution in [0.2, 0.25) is 0 Å². The van der Waals surface area contributed by atoms with E-state index >= 15 is 0 Å². The second-order valence-corrected chi connectivity index (χ2v) is 6.73. The predicted molar refractivity (Wildman–Crippen MR) is 74.1 cm³/mol. The van der Waals surface area contributed by atoms with Gasteiger partial charge < -0.3 is 10.2 Å². The van der Waals surface area contributed by atoms with Crippen molar-refractivity contribution in [2.45, 2.75) is 50.5 Å². The van der Waals surface area contributed by atoms with Crippen molar-refractivity contribution >= 4 is 0 Å². The number of hydrogen-bond acceptors (Lipinski definition) is 2. The van der Waals surface area contributed by atoms with Crippen molar-refractivity contribution in [1.29, 1.82) is 0 Å². The van der Waals surface area contributed by atoms with E-state index in [-0.39, 0.29) is 12.0 Å². The van der Waals surface area contributed by atoms with Gasteiger partial charge in [-0.05, 0) is 60.6 Å². The Morgan fingerprint density at radius 1 is 1.05 bits per heavy atom. The fourth-order valence-electron chi connectivity index (χ4n) is 5.25. The van der Waals surface area contributed by atoms with Gasteiger partial charge in [0.05, 0.1) is 6.10 Å². The minimum Gasteiger partial charge on any atom is -0.508 e. The summed E-state index contributed by atoms with van der Waals surface area (Å²) >= 11 is 0. The molecule has 0 spiro atoms. The Hall–Kier alpha value is -1.02. The average Bonchev–Trinajstić information content (AvgIpc) is 2.86. The molecular weight excluding hydrogens is 236 g/mol. The molecule has 3 aliphatic rings. The lowest BCUT2D eigenvalue weighted by molar-refractivity contribution is 0.00722. The molecular formula is C17H22O2. The second kappa shape index (κ2) is 4.24. The highest BCUT2D eigenvalue weighted by molar-refractivity contribution is 5.44. The molecule has 0 saturated heterocycles. The predicted octanol–water partition coefficient (Wildman–Crippen LogP) is 3.22. The molecule has 4 rings (SSSR count). The summed E-state index contributed by atoms with van der Waals surface area (Å²) in [6, 6.07) is 5.85. The first-order valence-electron chi connectivity index (χ1n) is 7.74. The zero-order valence-electron chi connectivity index (χ0n) is 11.3. The molecule has 2 N–H and O–H groups in total. The third-order valence-electron chi connectivity index (χ3n) is 5.96. The molecule has 3 aliphatic carbocycles. The van der Waals surface area contributed by atoms with Gasteiger partial charge in [-0.1, -0.05) is 25.0 Å². The Morgan fingerprint density at radius 2 is 1.95 bits per heavy atom. The van der Waals surface area contributed by atoms with Crippen molar-refractivity contribution in [2.24, 2.45) is 17.8 Å². The van der Waals surface area contributed by atoms with Crippen molar-refractivity contribution in [1.82, 2.24) is 0 Å². The molecule has 2 fully saturated rings. The van der Waals surface area contributed by atoms with Gasteiger partial charge in [0.1, 0.15) is 5.75 Å². The number of aliphatic hydroxyl groups is 1. The van der Waals surface area contributed by atoms with Crippen molar-refractivity contribution in [3.63, 3.8) is 0 Å². The molecule has 2 saturated carbocycles. The van der Waals surface area contributed by atoms with Crippen LogP contribution in [-0.4, -0.2) is 16.3 Å². The van der Waals surface area contributed by atoms with Crippen LogP contribution in [0.3, 0.4) is 0 Å². The standard InChI is InChI=1S/C17H22O2/c18-15-6-2-5-13-12(15)7-8-14-11-4-1-3-10(11)9-16(19)17(13)14/h2,5-6,10-11,14,16-19H,1,3-4,7-9H2. The zero-order valence-corrected chi connectivity index (χ0v) is 11.3. The van der Waals surface area contributed by atoms with Crippen LogP contribution in [0.5, 0.6) is 5.75 Å². The minimum atomic E-state index is -0.204. The van der Waals surface area contributed by atoms with E-state index in [2.05, 4.69) is 6.07 Å². The highest BCUT2D eigenvalue weighted by atomic mass is 16.3. The molecule has 5 unspecified atom stereocenters. The fourth-order valence-corrected chi connectivity index (χ4v) is 5.25. The van der Waals surface area contributed by atoms with Crippen LogP contribution in [0, 0.1) is 17.8 Å². The lowest BCUT2D eigenvalue weighted by Gasteiger charge is -2.46. The van der Waals surface area contributed by atoms with Crippen molar-refractivity contribution in [2.75, 3.05) is 0 Å². The van der Waals surface area contributed by atoms with E-state index in [0.29, 0.717) is 11.7 Å². The zero-order chi connectivity index (χ0) is 13.0. The van der Waals surface area contributed by atoms with E-state index < -0.39 is 0 Å². The van der Waals surface area contributed by atoms with Gasteiger partial charge in [0.2, 0.25) is 0 Å². The molecule has 0 radical (unpaired) electrons. The van der Waals surface area contributed by atoms with E-state index in [9.17, 15) is 10.2 Å². The Labute approximate surface area is 114 Å². The third-order valence-corrected chi connectivity index (χ3v) is 5.96. The van der Waals surface area contributed by atoms with Crippen molar-refractivity contribution < 1.29 is 10.2 Å². The molecule has 2 nitrogen and oxygen atoms in total. The van der Waals surface area contributed by atoms with Crippen LogP contribution in [0.25, 0.3) is 0 Å². The second-order valence-electron chi connectivity index (χ2n) is 6.73. The monoisotopic (exact) mass is 258 g/mol. The van der Waals surface area contributed by atoms with E-state index in [0.717, 1.165) is 36.7 Å². The maximum Gasteiger partial charge on any atom is 0.119 e. The normalized spacial score (nSPS) is 40.4. The molecule has 0 heterocycles. The number of aromatic hydroxyl groups is 1. The number of phenols is 1. The van der Waals surface area contributed by atoms with E-state index in [1.54, 1.807) is 6.07 Å². The molecule has 0 aliphatic heterocycles. The van der Waals surface area contributed by atoms with Gasteiger partial charge >= 0.3 is 0 Å². The summed E-state index contributed by atoms with van der Waals surface area (Å²) < 4.78 is 0. The lowest BCUT2D eigenvalue weighted by Crippen LogP contribution is -2.42. The van der Waals surface area contributed by atoms with Crippen LogP contribution in [0.15, 0.2) is 18.2 Å². The van der Waals surface area contributed by atoms with E-state index in [4.69, 9.17) is 0 Å². The number of aliphatic hydroxyl groups excluding tert-OH is 1. The van der Waals surface area contributed by atoms with E-state index in [1.165, 1.54) is 24.8 Å². The highest BCUT2D eigenvalue weighted by Gasteiger charge is 2.48. The first kappa shape index (κ1) is 11.8. The Morgan fingerprint density at radius 3 is 2.84 bits per heavy atom. The lowest BCUT2D eigenvalue weighted by atomic mass is 9.59. The topological polar surface area (TPSA) is 40.5 Å². The SMILES string of the molecule is Oc1cccc2c1CCC1C3CCCC3CC(O)C21. The molecule has 0 bridgehead atoms. The van der Waals surface area contributed by atoms with Crippen molar-refractivity contribution in [3.05, 3.63) is 29.3 Å². The van der Waals surface area contributed by atoms with Gasteiger partial charge in [-0.2, -0.15) is 0 Å². The van der Waals surface area contributed by atoms with Crippen LogP contribution in [0.1, 0.15) is 49.1 Å². The van der Waals surface area contributed by atoms with Crippen LogP contribution in [0.4, 0.5) is 0 Å². The summed E-state index contributed by atoms with van der Waals surface area (Å²) in [5.74, 6) is 2.93. The number of benzene rings is 1. The average molecular weight is 258 g/mol. The molecule has 102 valence electrons. The molecule has 2 heteroatoms. The third kappa shape index (κ3) is 1.66. The first-order chi connectivity index (χ1) is 9.25.